The molecule has 6 heteroatoms. The molecule has 0 aromatic rings. The van der Waals surface area contributed by atoms with E-state index in [9.17, 15) is 19.8 Å². The summed E-state index contributed by atoms with van der Waals surface area (Å²) in [5.74, 6) is -0.0634. The Labute approximate surface area is 342 Å². The van der Waals surface area contributed by atoms with E-state index in [0.717, 1.165) is 51.4 Å². The van der Waals surface area contributed by atoms with Gasteiger partial charge in [-0.1, -0.05) is 212 Å². The van der Waals surface area contributed by atoms with Crippen molar-refractivity contribution in [2.24, 2.45) is 0 Å². The van der Waals surface area contributed by atoms with E-state index in [1.54, 1.807) is 0 Å². The number of unbranched alkanes of at least 4 members (excludes halogenated alkanes) is 32. The number of rotatable bonds is 45. The molecule has 55 heavy (non-hydrogen) atoms. The molecule has 1 amide bonds. The molecular weight excluding hydrogens is 683 g/mol. The average Bonchev–Trinajstić information content (AvgIpc) is 3.18. The first-order valence-corrected chi connectivity index (χ1v) is 24.4. The van der Waals surface area contributed by atoms with Crippen molar-refractivity contribution in [1.82, 2.24) is 5.32 Å². The van der Waals surface area contributed by atoms with Gasteiger partial charge in [-0.3, -0.25) is 9.59 Å². The van der Waals surface area contributed by atoms with E-state index in [4.69, 9.17) is 4.74 Å². The van der Waals surface area contributed by atoms with E-state index in [-0.39, 0.29) is 18.5 Å². The minimum Gasteiger partial charge on any atom is -0.466 e. The van der Waals surface area contributed by atoms with Crippen LogP contribution in [0.25, 0.3) is 0 Å². The Bertz CT molecular complexity index is 817. The van der Waals surface area contributed by atoms with Crippen molar-refractivity contribution in [3.05, 3.63) is 12.2 Å². The number of nitrogens with one attached hydrogen (secondary N) is 1. The lowest BCUT2D eigenvalue weighted by atomic mass is 10.0. The van der Waals surface area contributed by atoms with Gasteiger partial charge in [-0.25, -0.2) is 0 Å². The number of aliphatic hydroxyl groups excluding tert-OH is 2. The molecular formula is C49H95NO5. The third-order valence-electron chi connectivity index (χ3n) is 11.3. The second-order valence-corrected chi connectivity index (χ2v) is 16.8. The lowest BCUT2D eigenvalue weighted by molar-refractivity contribution is -0.143. The van der Waals surface area contributed by atoms with Crippen molar-refractivity contribution in [2.45, 2.75) is 276 Å². The van der Waals surface area contributed by atoms with Crippen molar-refractivity contribution in [3.63, 3.8) is 0 Å². The standard InChI is InChI=1S/C49H95NO5/c1-3-5-7-9-11-13-15-16-17-20-23-27-31-35-39-43-49(54)55-44-40-36-32-28-24-21-18-19-22-26-30-34-38-42-48(53)50-46(45-51)47(52)41-37-33-29-25-14-12-10-8-6-4-2/h16-17,46-47,51-52H,3-15,18-45H2,1-2H3,(H,50,53)/b17-16-. The van der Waals surface area contributed by atoms with Crippen LogP contribution in [0.3, 0.4) is 0 Å². The number of carbonyl (C=O) groups excluding carboxylic acids is 2. The maximum atomic E-state index is 12.4. The molecule has 0 aliphatic rings. The molecule has 0 saturated carbocycles. The third-order valence-corrected chi connectivity index (χ3v) is 11.3. The van der Waals surface area contributed by atoms with Gasteiger partial charge in [0.2, 0.25) is 5.91 Å². The normalized spacial score (nSPS) is 12.7. The van der Waals surface area contributed by atoms with Crippen LogP contribution in [0.15, 0.2) is 12.2 Å². The van der Waals surface area contributed by atoms with E-state index < -0.39 is 12.1 Å². The molecule has 0 heterocycles. The maximum absolute atomic E-state index is 12.4. The number of ether oxygens (including phenoxy) is 1. The lowest BCUT2D eigenvalue weighted by Gasteiger charge is -2.22. The summed E-state index contributed by atoms with van der Waals surface area (Å²) in [5.41, 5.74) is 0. The fourth-order valence-corrected chi connectivity index (χ4v) is 7.51. The van der Waals surface area contributed by atoms with Crippen LogP contribution in [-0.4, -0.2) is 47.4 Å². The highest BCUT2D eigenvalue weighted by Gasteiger charge is 2.20. The molecule has 326 valence electrons. The quantitative estimate of drug-likeness (QED) is 0.0325. The van der Waals surface area contributed by atoms with Gasteiger partial charge in [0.1, 0.15) is 0 Å². The van der Waals surface area contributed by atoms with Crippen LogP contribution in [0.5, 0.6) is 0 Å². The van der Waals surface area contributed by atoms with E-state index in [1.807, 2.05) is 0 Å². The number of hydrogen-bond acceptors (Lipinski definition) is 5. The van der Waals surface area contributed by atoms with Crippen molar-refractivity contribution in [2.75, 3.05) is 13.2 Å². The molecule has 0 radical (unpaired) electrons. The molecule has 0 bridgehead atoms. The Balaban J connectivity index is 3.43. The number of esters is 1. The molecule has 3 N–H and O–H groups in total. The van der Waals surface area contributed by atoms with Gasteiger partial charge in [0.05, 0.1) is 25.4 Å². The van der Waals surface area contributed by atoms with Crippen molar-refractivity contribution in [1.29, 1.82) is 0 Å². The second-order valence-electron chi connectivity index (χ2n) is 16.8. The van der Waals surface area contributed by atoms with Gasteiger partial charge >= 0.3 is 5.97 Å². The number of carbonyl (C=O) groups is 2. The average molecular weight is 778 g/mol. The third kappa shape index (κ3) is 42.0. The first-order chi connectivity index (χ1) is 27.0. The molecule has 0 aliphatic carbocycles. The molecule has 6 nitrogen and oxygen atoms in total. The number of hydrogen-bond donors (Lipinski definition) is 3. The topological polar surface area (TPSA) is 95.9 Å². The Kier molecular flexibility index (Phi) is 44.2. The van der Waals surface area contributed by atoms with Crippen LogP contribution in [0.4, 0.5) is 0 Å². The van der Waals surface area contributed by atoms with Crippen LogP contribution in [0.2, 0.25) is 0 Å². The van der Waals surface area contributed by atoms with Gasteiger partial charge in [-0.2, -0.15) is 0 Å². The van der Waals surface area contributed by atoms with E-state index >= 15 is 0 Å². The summed E-state index contributed by atoms with van der Waals surface area (Å²) >= 11 is 0. The van der Waals surface area contributed by atoms with E-state index in [2.05, 4.69) is 31.3 Å². The first kappa shape index (κ1) is 53.6. The number of amides is 1. The van der Waals surface area contributed by atoms with Gasteiger partial charge in [0.25, 0.3) is 0 Å². The summed E-state index contributed by atoms with van der Waals surface area (Å²) in [7, 11) is 0. The van der Waals surface area contributed by atoms with Crippen molar-refractivity contribution >= 4 is 11.9 Å². The molecule has 0 fully saturated rings. The van der Waals surface area contributed by atoms with Gasteiger partial charge in [-0.05, 0) is 51.4 Å². The molecule has 2 atom stereocenters. The predicted octanol–water partition coefficient (Wildman–Crippen LogP) is 14.2. The molecule has 0 rings (SSSR count). The fourth-order valence-electron chi connectivity index (χ4n) is 7.51. The second kappa shape index (κ2) is 45.3. The van der Waals surface area contributed by atoms with Crippen molar-refractivity contribution < 1.29 is 24.5 Å². The Hall–Kier alpha value is -1.40. The first-order valence-electron chi connectivity index (χ1n) is 24.4. The number of aliphatic hydroxyl groups is 2. The van der Waals surface area contributed by atoms with Crippen LogP contribution in [0.1, 0.15) is 264 Å². The Morgan fingerprint density at radius 1 is 0.491 bits per heavy atom. The zero-order chi connectivity index (χ0) is 40.1. The van der Waals surface area contributed by atoms with Crippen LogP contribution in [-0.2, 0) is 14.3 Å². The maximum Gasteiger partial charge on any atom is 0.305 e. The highest BCUT2D eigenvalue weighted by molar-refractivity contribution is 5.76. The zero-order valence-corrected chi connectivity index (χ0v) is 36.9. The van der Waals surface area contributed by atoms with Gasteiger partial charge in [-0.15, -0.1) is 0 Å². The van der Waals surface area contributed by atoms with Crippen LogP contribution < -0.4 is 5.32 Å². The molecule has 0 aromatic heterocycles. The fraction of sp³-hybridized carbons (Fsp3) is 0.918. The largest absolute Gasteiger partial charge is 0.466 e. The molecule has 0 aliphatic heterocycles. The number of allylic oxidation sites excluding steroid dienone is 2. The summed E-state index contributed by atoms with van der Waals surface area (Å²) in [6, 6.07) is -0.548. The molecule has 2 unspecified atom stereocenters. The summed E-state index contributed by atoms with van der Waals surface area (Å²) in [6.07, 6.45) is 50.3. The molecule has 0 saturated heterocycles. The highest BCUT2D eigenvalue weighted by Crippen LogP contribution is 2.16. The summed E-state index contributed by atoms with van der Waals surface area (Å²) in [5, 5.41) is 23.1. The Morgan fingerprint density at radius 2 is 0.855 bits per heavy atom. The van der Waals surface area contributed by atoms with Crippen molar-refractivity contribution in [3.8, 4) is 0 Å². The minimum atomic E-state index is -0.670. The summed E-state index contributed by atoms with van der Waals surface area (Å²) in [6.45, 7) is 4.90. The molecule has 0 aromatic carbocycles. The summed E-state index contributed by atoms with van der Waals surface area (Å²) in [4.78, 5) is 24.4. The highest BCUT2D eigenvalue weighted by atomic mass is 16.5. The summed E-state index contributed by atoms with van der Waals surface area (Å²) < 4.78 is 5.45. The monoisotopic (exact) mass is 778 g/mol. The predicted molar refractivity (Wildman–Crippen MR) is 237 cm³/mol. The smallest absolute Gasteiger partial charge is 0.305 e. The van der Waals surface area contributed by atoms with Gasteiger partial charge < -0.3 is 20.3 Å². The SMILES string of the molecule is CCCCCCCC/C=C\CCCCCCCC(=O)OCCCCCCCCCCCCCCCC(=O)NC(CO)C(O)CCCCCCCCCCCC. The van der Waals surface area contributed by atoms with Gasteiger partial charge in [0.15, 0.2) is 0 Å². The van der Waals surface area contributed by atoms with Gasteiger partial charge in [0, 0.05) is 12.8 Å². The lowest BCUT2D eigenvalue weighted by Crippen LogP contribution is -2.45. The van der Waals surface area contributed by atoms with Crippen LogP contribution >= 0.6 is 0 Å². The minimum absolute atomic E-state index is 0.0136. The van der Waals surface area contributed by atoms with E-state index in [0.29, 0.717) is 25.9 Å². The molecule has 0 spiro atoms. The van der Waals surface area contributed by atoms with Crippen LogP contribution in [0, 0.1) is 0 Å². The Morgan fingerprint density at radius 3 is 1.29 bits per heavy atom. The van der Waals surface area contributed by atoms with E-state index in [1.165, 1.54) is 180 Å². The zero-order valence-electron chi connectivity index (χ0n) is 36.9.